The number of aromatic nitrogens is 4. The fourth-order valence-electron chi connectivity index (χ4n) is 2.95. The summed E-state index contributed by atoms with van der Waals surface area (Å²) in [6.45, 7) is 0.392. The number of hydrogen-bond donors (Lipinski definition) is 2. The molecule has 4 heterocycles. The molecule has 3 aromatic rings. The van der Waals surface area contributed by atoms with Gasteiger partial charge in [0.1, 0.15) is 12.5 Å². The molecule has 0 aromatic carbocycles. The fraction of sp³-hybridized carbons (Fsp3) is 0.312. The molecule has 0 saturated carbocycles. The number of hydrogen-bond acceptors (Lipinski definition) is 5. The minimum Gasteiger partial charge on any atom is -0.365 e. The lowest BCUT2D eigenvalue weighted by Crippen LogP contribution is -2.24. The van der Waals surface area contributed by atoms with Gasteiger partial charge in [-0.05, 0) is 18.6 Å². The quantitative estimate of drug-likeness (QED) is 0.770. The molecular formula is C16H17FN6. The molecule has 0 aliphatic carbocycles. The largest absolute Gasteiger partial charge is 0.365 e. The van der Waals surface area contributed by atoms with Crippen molar-refractivity contribution in [2.45, 2.75) is 18.5 Å². The van der Waals surface area contributed by atoms with Gasteiger partial charge in [0.2, 0.25) is 0 Å². The first-order chi connectivity index (χ1) is 11.3. The van der Waals surface area contributed by atoms with Crippen LogP contribution in [-0.2, 0) is 0 Å². The molecule has 0 radical (unpaired) electrons. The lowest BCUT2D eigenvalue weighted by molar-refractivity contribution is 0.404. The van der Waals surface area contributed by atoms with Crippen LogP contribution in [0.5, 0.6) is 0 Å². The van der Waals surface area contributed by atoms with E-state index in [4.69, 9.17) is 0 Å². The molecule has 1 fully saturated rings. The average Bonchev–Trinajstić information content (AvgIpc) is 3.21. The van der Waals surface area contributed by atoms with Crippen molar-refractivity contribution in [3.8, 4) is 11.3 Å². The molecule has 0 spiro atoms. The van der Waals surface area contributed by atoms with E-state index in [1.54, 1.807) is 18.6 Å². The van der Waals surface area contributed by atoms with Crippen molar-refractivity contribution in [2.75, 3.05) is 18.5 Å². The highest BCUT2D eigenvalue weighted by molar-refractivity contribution is 5.77. The van der Waals surface area contributed by atoms with E-state index >= 15 is 0 Å². The maximum atomic E-state index is 12.7. The summed E-state index contributed by atoms with van der Waals surface area (Å²) in [5.41, 5.74) is 2.69. The Bertz CT molecular complexity index is 817. The van der Waals surface area contributed by atoms with Crippen molar-refractivity contribution in [1.29, 1.82) is 0 Å². The molecule has 6 nitrogen and oxygen atoms in total. The molecule has 1 aliphatic rings. The van der Waals surface area contributed by atoms with Gasteiger partial charge in [-0.15, -0.1) is 0 Å². The predicted molar refractivity (Wildman–Crippen MR) is 86.0 cm³/mol. The average molecular weight is 312 g/mol. The molecule has 0 unspecified atom stereocenters. The van der Waals surface area contributed by atoms with Gasteiger partial charge in [0.05, 0.1) is 29.8 Å². The van der Waals surface area contributed by atoms with E-state index < -0.39 is 0 Å². The molecule has 1 saturated heterocycles. The maximum absolute atomic E-state index is 12.7. The Morgan fingerprint density at radius 1 is 1.30 bits per heavy atom. The van der Waals surface area contributed by atoms with Gasteiger partial charge in [-0.2, -0.15) is 5.10 Å². The number of rotatable bonds is 4. The SMILES string of the molecule is FC[C@@H]1C[C@@H](Nc2cncc(-c3cnn4ccccc34)n2)CN1. The molecule has 1 aliphatic heterocycles. The number of anilines is 1. The smallest absolute Gasteiger partial charge is 0.145 e. The number of pyridine rings is 1. The maximum Gasteiger partial charge on any atom is 0.145 e. The van der Waals surface area contributed by atoms with E-state index in [1.165, 1.54) is 0 Å². The van der Waals surface area contributed by atoms with Gasteiger partial charge >= 0.3 is 0 Å². The highest BCUT2D eigenvalue weighted by Gasteiger charge is 2.24. The normalized spacial score (nSPS) is 20.9. The second-order valence-corrected chi connectivity index (χ2v) is 5.71. The molecule has 2 atom stereocenters. The summed E-state index contributed by atoms with van der Waals surface area (Å²) >= 11 is 0. The molecule has 7 heteroatoms. The molecule has 0 bridgehead atoms. The number of nitrogens with zero attached hydrogens (tertiary/aromatic N) is 4. The van der Waals surface area contributed by atoms with E-state index in [-0.39, 0.29) is 18.8 Å². The Morgan fingerprint density at radius 3 is 3.13 bits per heavy atom. The molecule has 23 heavy (non-hydrogen) atoms. The van der Waals surface area contributed by atoms with Crippen LogP contribution in [0.25, 0.3) is 16.8 Å². The van der Waals surface area contributed by atoms with Gasteiger partial charge in [0.15, 0.2) is 0 Å². The monoisotopic (exact) mass is 312 g/mol. The van der Waals surface area contributed by atoms with Crippen molar-refractivity contribution in [3.63, 3.8) is 0 Å². The van der Waals surface area contributed by atoms with E-state index in [1.807, 2.05) is 28.9 Å². The lowest BCUT2D eigenvalue weighted by Gasteiger charge is -2.12. The summed E-state index contributed by atoms with van der Waals surface area (Å²) in [7, 11) is 0. The first-order valence-electron chi connectivity index (χ1n) is 7.64. The Morgan fingerprint density at radius 2 is 2.26 bits per heavy atom. The van der Waals surface area contributed by atoms with Crippen molar-refractivity contribution in [1.82, 2.24) is 24.9 Å². The molecule has 4 rings (SSSR count). The summed E-state index contributed by atoms with van der Waals surface area (Å²) in [4.78, 5) is 8.90. The lowest BCUT2D eigenvalue weighted by atomic mass is 10.2. The summed E-state index contributed by atoms with van der Waals surface area (Å²) in [6.07, 6.45) is 7.86. The molecule has 0 amide bonds. The Kier molecular flexibility index (Phi) is 3.63. The molecular weight excluding hydrogens is 295 g/mol. The first kappa shape index (κ1) is 14.1. The van der Waals surface area contributed by atoms with Crippen LogP contribution in [0.1, 0.15) is 6.42 Å². The van der Waals surface area contributed by atoms with E-state index in [0.29, 0.717) is 5.82 Å². The zero-order valence-corrected chi connectivity index (χ0v) is 12.5. The number of halogens is 1. The van der Waals surface area contributed by atoms with Crippen LogP contribution in [-0.4, -0.2) is 44.9 Å². The number of fused-ring (bicyclic) bond motifs is 1. The minimum absolute atomic E-state index is 0.0664. The van der Waals surface area contributed by atoms with E-state index in [2.05, 4.69) is 25.7 Å². The van der Waals surface area contributed by atoms with Crippen molar-refractivity contribution in [2.24, 2.45) is 0 Å². The fourth-order valence-corrected chi connectivity index (χ4v) is 2.95. The van der Waals surface area contributed by atoms with Crippen LogP contribution >= 0.6 is 0 Å². The summed E-state index contributed by atoms with van der Waals surface area (Å²) < 4.78 is 14.5. The topological polar surface area (TPSA) is 67.1 Å². The number of alkyl halides is 1. The summed E-state index contributed by atoms with van der Waals surface area (Å²) in [5.74, 6) is 0.698. The van der Waals surface area contributed by atoms with Crippen LogP contribution in [0.3, 0.4) is 0 Å². The highest BCUT2D eigenvalue weighted by atomic mass is 19.1. The van der Waals surface area contributed by atoms with Crippen molar-refractivity contribution in [3.05, 3.63) is 43.0 Å². The van der Waals surface area contributed by atoms with Crippen LogP contribution in [0.4, 0.5) is 10.2 Å². The van der Waals surface area contributed by atoms with Crippen molar-refractivity contribution < 1.29 is 4.39 Å². The standard InChI is InChI=1S/C16H17FN6/c17-6-11-5-12(7-19-11)21-16-10-18-9-14(22-16)13-8-20-23-4-2-1-3-15(13)23/h1-4,8-12,19H,5-7H2,(H,21,22)/t11-,12+/m0/s1. The van der Waals surface area contributed by atoms with Gasteiger partial charge in [-0.25, -0.2) is 13.9 Å². The Hall–Kier alpha value is -2.54. The van der Waals surface area contributed by atoms with E-state index in [9.17, 15) is 4.39 Å². The van der Waals surface area contributed by atoms with Crippen LogP contribution in [0.2, 0.25) is 0 Å². The predicted octanol–water partition coefficient (Wildman–Crippen LogP) is 1.90. The second-order valence-electron chi connectivity index (χ2n) is 5.71. The van der Waals surface area contributed by atoms with Gasteiger partial charge in [-0.1, -0.05) is 6.07 Å². The third kappa shape index (κ3) is 2.75. The Balaban J connectivity index is 1.59. The third-order valence-corrected chi connectivity index (χ3v) is 4.10. The Labute approximate surface area is 132 Å². The van der Waals surface area contributed by atoms with E-state index in [0.717, 1.165) is 29.7 Å². The zero-order chi connectivity index (χ0) is 15.6. The zero-order valence-electron chi connectivity index (χ0n) is 12.5. The van der Waals surface area contributed by atoms with Gasteiger partial charge in [0, 0.05) is 30.4 Å². The summed E-state index contributed by atoms with van der Waals surface area (Å²) in [6, 6.07) is 6.00. The van der Waals surface area contributed by atoms with Gasteiger partial charge < -0.3 is 10.6 Å². The molecule has 2 N–H and O–H groups in total. The molecule has 3 aromatic heterocycles. The third-order valence-electron chi connectivity index (χ3n) is 4.10. The van der Waals surface area contributed by atoms with Gasteiger partial charge in [-0.3, -0.25) is 4.98 Å². The summed E-state index contributed by atoms with van der Waals surface area (Å²) in [5, 5.41) is 10.8. The van der Waals surface area contributed by atoms with Crippen LogP contribution < -0.4 is 10.6 Å². The van der Waals surface area contributed by atoms with Crippen LogP contribution in [0.15, 0.2) is 43.0 Å². The molecule has 118 valence electrons. The van der Waals surface area contributed by atoms with Crippen LogP contribution in [0, 0.1) is 0 Å². The van der Waals surface area contributed by atoms with Gasteiger partial charge in [0.25, 0.3) is 0 Å². The minimum atomic E-state index is -0.341. The first-order valence-corrected chi connectivity index (χ1v) is 7.64. The second kappa shape index (κ2) is 5.92. The highest BCUT2D eigenvalue weighted by Crippen LogP contribution is 2.23. The number of nitrogens with one attached hydrogen (secondary N) is 2. The van der Waals surface area contributed by atoms with Crippen molar-refractivity contribution >= 4 is 11.3 Å².